The highest BCUT2D eigenvalue weighted by Gasteiger charge is 2.28. The van der Waals surface area contributed by atoms with Gasteiger partial charge in [-0.2, -0.15) is 10.2 Å². The number of anilines is 2. The van der Waals surface area contributed by atoms with E-state index in [0.717, 1.165) is 11.3 Å². The molecule has 0 saturated heterocycles. The van der Waals surface area contributed by atoms with Gasteiger partial charge in [0.2, 0.25) is 0 Å². The fourth-order valence-corrected chi connectivity index (χ4v) is 11.5. The summed E-state index contributed by atoms with van der Waals surface area (Å²) in [5, 5.41) is 23.0. The third-order valence-corrected chi connectivity index (χ3v) is 16.6. The first kappa shape index (κ1) is 65.5. The number of hydrogen-bond donors (Lipinski definition) is 5. The van der Waals surface area contributed by atoms with Crippen LogP contribution in [0.3, 0.4) is 0 Å². The number of nitrogens with one attached hydrogen (secondary N) is 2. The monoisotopic (exact) mass is 1410 g/mol. The van der Waals surface area contributed by atoms with E-state index in [9.17, 15) is 25.3 Å². The number of benzene rings is 6. The Balaban J connectivity index is 0.000000145. The fraction of sp³-hybridized carbons (Fsp3) is 0.120. The van der Waals surface area contributed by atoms with Gasteiger partial charge in [0.15, 0.2) is 22.9 Å². The zero-order chi connectivity index (χ0) is 75.5. The van der Waals surface area contributed by atoms with Gasteiger partial charge in [0, 0.05) is 50.6 Å². The van der Waals surface area contributed by atoms with E-state index in [1.54, 1.807) is 193 Å². The molecule has 0 bridgehead atoms. The predicted molar refractivity (Wildman–Crippen MR) is 396 cm³/mol. The lowest BCUT2D eigenvalue weighted by Crippen LogP contribution is -2.33. The summed E-state index contributed by atoms with van der Waals surface area (Å²) in [5.74, 6) is 7.36. The summed E-state index contributed by atoms with van der Waals surface area (Å²) in [6.07, 6.45) is 16.5. The van der Waals surface area contributed by atoms with Gasteiger partial charge in [-0.15, -0.1) is 16.6 Å². The zero-order valence-corrected chi connectivity index (χ0v) is 57.3. The van der Waals surface area contributed by atoms with E-state index >= 15 is 0 Å². The first-order chi connectivity index (χ1) is 50.6. The van der Waals surface area contributed by atoms with Crippen molar-refractivity contribution >= 4 is 90.7 Å². The van der Waals surface area contributed by atoms with Crippen LogP contribution in [0.5, 0.6) is 0 Å². The molecule has 26 nitrogen and oxygen atoms in total. The van der Waals surface area contributed by atoms with Crippen LogP contribution < -0.4 is 44.5 Å². The van der Waals surface area contributed by atoms with Crippen LogP contribution in [0.15, 0.2) is 215 Å². The quantitative estimate of drug-likeness (QED) is 0.0795. The maximum atomic E-state index is 14.2. The predicted octanol–water partition coefficient (Wildman–Crippen LogP) is 9.56. The average molecular weight is 1410 g/mol. The number of nitrogens with two attached hydrogens (primary N) is 3. The van der Waals surface area contributed by atoms with Crippen LogP contribution in [0.2, 0.25) is 10.0 Å². The Hall–Kier alpha value is -13.4. The summed E-state index contributed by atoms with van der Waals surface area (Å²) in [5.41, 5.74) is 22.9. The lowest BCUT2D eigenvalue weighted by molar-refractivity contribution is 0.0931. The topological polar surface area (TPSA) is 337 Å². The Kier molecular flexibility index (Phi) is 19.1. The SMILES string of the molecule is C#Cc1cnn(C)c1C.[2H][C@@](C)(N)c1nc2cccc(Cl)c2c(=O)n1-c1ccccc1.[2H][C@@](C)(NC(=O)c1c(N)nn2cccnc12)c1nc2cccc(C#Cc3cnn(C)c3)c2c(=O)n1-c1ccccc1.[2H][C@@](C)(NC(=O)c1c(N)nn2cccnc12)c1nc2cccc(Cl)c2c(=O)n1-c1ccccc1. The lowest BCUT2D eigenvalue weighted by Gasteiger charge is -2.20. The molecule has 8 N–H and O–H groups in total. The van der Waals surface area contributed by atoms with Crippen LogP contribution in [0, 0.1) is 31.1 Å². The van der Waals surface area contributed by atoms with Crippen molar-refractivity contribution in [1.29, 1.82) is 0 Å². The molecule has 0 aliphatic carbocycles. The van der Waals surface area contributed by atoms with Gasteiger partial charge in [-0.05, 0) is 113 Å². The van der Waals surface area contributed by atoms with E-state index in [-0.39, 0.29) is 72.9 Å². The number of rotatable bonds is 10. The number of aromatic nitrogens is 16. The largest absolute Gasteiger partial charge is 0.381 e. The molecular weight excluding hydrogens is 1350 g/mol. The minimum absolute atomic E-state index is 0.00470. The van der Waals surface area contributed by atoms with Gasteiger partial charge in [0.1, 0.15) is 28.6 Å². The molecule has 103 heavy (non-hydrogen) atoms. The van der Waals surface area contributed by atoms with E-state index in [1.165, 1.54) is 55.9 Å². The summed E-state index contributed by atoms with van der Waals surface area (Å²) in [6, 6.07) is 39.7. The highest BCUT2D eigenvalue weighted by Crippen LogP contribution is 2.27. The second-order valence-corrected chi connectivity index (χ2v) is 23.7. The van der Waals surface area contributed by atoms with Crippen LogP contribution in [0.4, 0.5) is 11.6 Å². The Bertz CT molecular complexity index is 6230. The molecule has 2 amide bonds. The van der Waals surface area contributed by atoms with E-state index < -0.39 is 41.0 Å². The smallest absolute Gasteiger partial charge is 0.267 e. The number of amides is 2. The molecule has 15 rings (SSSR count). The zero-order valence-electron chi connectivity index (χ0n) is 58.8. The fourth-order valence-electron chi connectivity index (χ4n) is 11.0. The summed E-state index contributed by atoms with van der Waals surface area (Å²) in [4.78, 5) is 89.4. The second kappa shape index (κ2) is 30.0. The van der Waals surface area contributed by atoms with Crippen LogP contribution >= 0.6 is 23.2 Å². The van der Waals surface area contributed by atoms with Gasteiger partial charge < -0.3 is 27.8 Å². The molecule has 0 unspecified atom stereocenters. The number of carbonyl (C=O) groups excluding carboxylic acids is 2. The summed E-state index contributed by atoms with van der Waals surface area (Å²) >= 11 is 12.5. The van der Waals surface area contributed by atoms with Gasteiger partial charge in [0.25, 0.3) is 28.5 Å². The number of terminal acetylenes is 1. The number of halogens is 2. The standard InChI is InChI=1S/C29H23N9O2.C23H18ClN7O2.C16H14ClN3O.C7H8N2/c1-18(33-28(39)24-25(30)35-37-15-7-14-31-27(24)37)26-34-22-11-6-8-20(13-12-19-16-32-36(2)17-19)23(22)29(40)38(26)21-9-4-3-5-10-21;1-13(27-22(32)18-19(25)29-30-12-6-11-26-21(18)30)20-28-16-10-5-9-15(24)17(16)23(33)31(20)14-7-3-2-4-8-14;1-10(18)15-19-13-9-5-8-12(17)14(13)16(21)20(15)11-6-3-2-4-7-11;1-4-7-5-8-9(3)6(7)2/h3-11,14-18H,1-2H3,(H2,30,35)(H,33,39);2-13H,1H3,(H2,25,29)(H,27,32);2-10H,18H2,1H3;1,5H,2-3H3/t18-;13-;10-;/m000./s1/i18D;13D;10D;. The number of fused-ring (bicyclic) bond motifs is 5. The van der Waals surface area contributed by atoms with E-state index in [1.807, 2.05) is 26.1 Å². The van der Waals surface area contributed by atoms with E-state index in [0.29, 0.717) is 55.1 Å². The lowest BCUT2D eigenvalue weighted by atomic mass is 10.1. The van der Waals surface area contributed by atoms with Gasteiger partial charge in [0.05, 0.1) is 111 Å². The molecule has 0 saturated carbocycles. The number of aryl methyl sites for hydroxylation is 2. The average Bonchev–Trinajstić information content (AvgIpc) is 0.890. The molecule has 3 atom stereocenters. The second-order valence-electron chi connectivity index (χ2n) is 22.9. The van der Waals surface area contributed by atoms with Crippen molar-refractivity contribution in [1.82, 2.24) is 88.0 Å². The van der Waals surface area contributed by atoms with Gasteiger partial charge in [-0.3, -0.25) is 47.0 Å². The van der Waals surface area contributed by atoms with Crippen LogP contribution in [0.1, 0.15) is 104 Å². The van der Waals surface area contributed by atoms with Crippen molar-refractivity contribution < 1.29 is 13.7 Å². The summed E-state index contributed by atoms with van der Waals surface area (Å²) in [6.45, 7) is 6.31. The minimum atomic E-state index is -1.88. The number of para-hydroxylation sites is 3. The first-order valence-electron chi connectivity index (χ1n) is 32.9. The molecular formula is C75H63Cl2N21O5. The highest BCUT2D eigenvalue weighted by molar-refractivity contribution is 6.35. The highest BCUT2D eigenvalue weighted by atomic mass is 35.5. The Morgan fingerprint density at radius 2 is 0.971 bits per heavy atom. The molecule has 9 aromatic heterocycles. The van der Waals surface area contributed by atoms with Crippen LogP contribution in [-0.4, -0.2) is 89.2 Å². The number of carbonyl (C=O) groups is 2. The van der Waals surface area contributed by atoms with E-state index in [4.69, 9.17) is 54.6 Å². The molecule has 0 aliphatic rings. The Morgan fingerprint density at radius 3 is 1.38 bits per heavy atom. The summed E-state index contributed by atoms with van der Waals surface area (Å²) in [7, 11) is 3.67. The number of nitrogen functional groups attached to an aromatic ring is 2. The first-order valence-corrected chi connectivity index (χ1v) is 32.1. The van der Waals surface area contributed by atoms with Crippen molar-refractivity contribution in [3.8, 4) is 41.2 Å². The third-order valence-electron chi connectivity index (χ3n) is 16.0. The van der Waals surface area contributed by atoms with Crippen molar-refractivity contribution in [2.24, 2.45) is 19.8 Å². The van der Waals surface area contributed by atoms with Crippen LogP contribution in [-0.2, 0) is 14.1 Å². The van der Waals surface area contributed by atoms with Crippen molar-refractivity contribution in [2.45, 2.75) is 45.7 Å². The molecule has 6 aromatic carbocycles. The molecule has 0 aliphatic heterocycles. The molecule has 9 heterocycles. The van der Waals surface area contributed by atoms with Crippen molar-refractivity contribution in [3.63, 3.8) is 0 Å². The molecule has 512 valence electrons. The molecule has 0 fully saturated rings. The number of hydrogen-bond acceptors (Lipinski definition) is 17. The van der Waals surface area contributed by atoms with E-state index in [2.05, 4.69) is 68.7 Å². The van der Waals surface area contributed by atoms with Gasteiger partial charge >= 0.3 is 0 Å². The third kappa shape index (κ3) is 14.3. The normalized spacial score (nSPS) is 13.1. The molecule has 28 heteroatoms. The Morgan fingerprint density at radius 1 is 0.544 bits per heavy atom. The van der Waals surface area contributed by atoms with Crippen molar-refractivity contribution in [3.05, 3.63) is 293 Å². The van der Waals surface area contributed by atoms with Crippen LogP contribution in [0.25, 0.3) is 61.1 Å². The number of nitrogens with zero attached hydrogens (tertiary/aromatic N) is 16. The molecule has 15 aromatic rings. The summed E-state index contributed by atoms with van der Waals surface area (Å²) < 4.78 is 36.4. The molecule has 0 spiro atoms. The Labute approximate surface area is 600 Å². The van der Waals surface area contributed by atoms with Crippen molar-refractivity contribution in [2.75, 3.05) is 11.5 Å². The van der Waals surface area contributed by atoms with Gasteiger partial charge in [-0.25, -0.2) is 34.0 Å². The minimum Gasteiger partial charge on any atom is -0.381 e. The maximum absolute atomic E-state index is 14.2. The maximum Gasteiger partial charge on any atom is 0.267 e. The van der Waals surface area contributed by atoms with Gasteiger partial charge in [-0.1, -0.05) is 114 Å². The molecule has 0 radical (unpaired) electrons.